The van der Waals surface area contributed by atoms with Crippen molar-refractivity contribution in [1.29, 1.82) is 0 Å². The summed E-state index contributed by atoms with van der Waals surface area (Å²) in [5, 5.41) is 9.98. The number of hydrogen-bond acceptors (Lipinski definition) is 5. The maximum atomic E-state index is 12.9. The molecule has 8 nitrogen and oxygen atoms in total. The zero-order valence-corrected chi connectivity index (χ0v) is 19.4. The largest absolute Gasteiger partial charge is 0.493 e. The maximum absolute atomic E-state index is 12.9. The average molecular weight is 451 g/mol. The molecule has 1 aromatic heterocycles. The van der Waals surface area contributed by atoms with Gasteiger partial charge in [0.2, 0.25) is 0 Å². The first kappa shape index (κ1) is 23.8. The van der Waals surface area contributed by atoms with Crippen LogP contribution < -0.4 is 20.1 Å². The Balaban J connectivity index is 1.72. The molecule has 1 heterocycles. The predicted molar refractivity (Wildman–Crippen MR) is 127 cm³/mol. The Morgan fingerprint density at radius 2 is 1.82 bits per heavy atom. The molecule has 0 aliphatic rings. The fourth-order valence-electron chi connectivity index (χ4n) is 3.12. The molecule has 0 saturated heterocycles. The Hall–Kier alpha value is -3.81. The SMILES string of the molecule is CCn1cc(NC(=O)c2cccc(COc3ccccc3OC)c2)c(C(=O)NCC(C)C)n1. The summed E-state index contributed by atoms with van der Waals surface area (Å²) in [4.78, 5) is 25.5. The average Bonchev–Trinajstić information content (AvgIpc) is 3.24. The van der Waals surface area contributed by atoms with E-state index in [1.807, 2.05) is 51.1 Å². The number of methoxy groups -OCH3 is 1. The summed E-state index contributed by atoms with van der Waals surface area (Å²) in [6, 6.07) is 14.5. The molecule has 0 aliphatic heterocycles. The summed E-state index contributed by atoms with van der Waals surface area (Å²) >= 11 is 0. The van der Waals surface area contributed by atoms with Gasteiger partial charge in [0.15, 0.2) is 17.2 Å². The Morgan fingerprint density at radius 1 is 1.06 bits per heavy atom. The number of hydrogen-bond donors (Lipinski definition) is 2. The van der Waals surface area contributed by atoms with E-state index in [0.717, 1.165) is 5.56 Å². The number of carbonyl (C=O) groups is 2. The number of amides is 2. The van der Waals surface area contributed by atoms with E-state index in [1.54, 1.807) is 36.2 Å². The molecule has 3 rings (SSSR count). The Morgan fingerprint density at radius 3 is 2.52 bits per heavy atom. The van der Waals surface area contributed by atoms with E-state index >= 15 is 0 Å². The zero-order chi connectivity index (χ0) is 23.8. The Labute approximate surface area is 193 Å². The van der Waals surface area contributed by atoms with Crippen LogP contribution in [-0.4, -0.2) is 35.2 Å². The minimum absolute atomic E-state index is 0.196. The van der Waals surface area contributed by atoms with Gasteiger partial charge in [0.1, 0.15) is 6.61 Å². The lowest BCUT2D eigenvalue weighted by Crippen LogP contribution is -2.28. The third-order valence-corrected chi connectivity index (χ3v) is 4.87. The van der Waals surface area contributed by atoms with Crippen LogP contribution in [0.25, 0.3) is 0 Å². The van der Waals surface area contributed by atoms with Crippen LogP contribution in [0.15, 0.2) is 54.7 Å². The van der Waals surface area contributed by atoms with E-state index in [0.29, 0.717) is 41.8 Å². The highest BCUT2D eigenvalue weighted by Crippen LogP contribution is 2.26. The number of rotatable bonds is 10. The van der Waals surface area contributed by atoms with Gasteiger partial charge >= 0.3 is 0 Å². The second kappa shape index (κ2) is 11.2. The number of nitrogens with one attached hydrogen (secondary N) is 2. The topological polar surface area (TPSA) is 94.5 Å². The van der Waals surface area contributed by atoms with Crippen molar-refractivity contribution in [3.05, 3.63) is 71.5 Å². The van der Waals surface area contributed by atoms with Crippen LogP contribution in [0.4, 0.5) is 5.69 Å². The quantitative estimate of drug-likeness (QED) is 0.484. The minimum atomic E-state index is -0.331. The number of carbonyl (C=O) groups excluding carboxylic acids is 2. The van der Waals surface area contributed by atoms with Crippen molar-refractivity contribution < 1.29 is 19.1 Å². The molecule has 33 heavy (non-hydrogen) atoms. The molecule has 2 aromatic carbocycles. The first-order chi connectivity index (χ1) is 15.9. The summed E-state index contributed by atoms with van der Waals surface area (Å²) in [5.41, 5.74) is 1.85. The van der Waals surface area contributed by atoms with E-state index in [-0.39, 0.29) is 24.1 Å². The molecule has 2 amide bonds. The van der Waals surface area contributed by atoms with Crippen molar-refractivity contribution in [2.45, 2.75) is 33.9 Å². The van der Waals surface area contributed by atoms with Crippen LogP contribution in [0.2, 0.25) is 0 Å². The Bertz CT molecular complexity index is 1110. The monoisotopic (exact) mass is 450 g/mol. The van der Waals surface area contributed by atoms with Gasteiger partial charge in [0.05, 0.1) is 12.8 Å². The number of para-hydroxylation sites is 2. The lowest BCUT2D eigenvalue weighted by Gasteiger charge is -2.11. The van der Waals surface area contributed by atoms with Gasteiger partial charge in [-0.15, -0.1) is 0 Å². The lowest BCUT2D eigenvalue weighted by molar-refractivity contribution is 0.0944. The van der Waals surface area contributed by atoms with Gasteiger partial charge in [-0.3, -0.25) is 14.3 Å². The van der Waals surface area contributed by atoms with Gasteiger partial charge in [-0.1, -0.05) is 38.1 Å². The van der Waals surface area contributed by atoms with Crippen LogP contribution in [0.1, 0.15) is 47.2 Å². The smallest absolute Gasteiger partial charge is 0.273 e. The van der Waals surface area contributed by atoms with Crippen molar-refractivity contribution in [2.75, 3.05) is 19.0 Å². The highest BCUT2D eigenvalue weighted by Gasteiger charge is 2.19. The molecule has 0 unspecified atom stereocenters. The van der Waals surface area contributed by atoms with Crippen molar-refractivity contribution >= 4 is 17.5 Å². The third kappa shape index (κ3) is 6.35. The van der Waals surface area contributed by atoms with Crippen molar-refractivity contribution in [2.24, 2.45) is 5.92 Å². The fourth-order valence-corrected chi connectivity index (χ4v) is 3.12. The summed E-state index contributed by atoms with van der Waals surface area (Å²) in [6.45, 7) is 7.32. The normalized spacial score (nSPS) is 10.7. The molecule has 0 aliphatic carbocycles. The molecule has 0 spiro atoms. The first-order valence-corrected chi connectivity index (χ1v) is 10.9. The lowest BCUT2D eigenvalue weighted by atomic mass is 10.1. The number of nitrogens with zero attached hydrogens (tertiary/aromatic N) is 2. The standard InChI is InChI=1S/C25H30N4O4/c1-5-29-15-20(23(28-29)25(31)26-14-17(2)3)27-24(30)19-10-8-9-18(13-19)16-33-22-12-7-6-11-21(22)32-4/h6-13,15,17H,5,14,16H2,1-4H3,(H,26,31)(H,27,30). The molecule has 0 atom stereocenters. The number of benzene rings is 2. The van der Waals surface area contributed by atoms with Gasteiger partial charge in [-0.05, 0) is 42.7 Å². The van der Waals surface area contributed by atoms with Crippen LogP contribution in [0.5, 0.6) is 11.5 Å². The first-order valence-electron chi connectivity index (χ1n) is 10.9. The molecular weight excluding hydrogens is 420 g/mol. The second-order valence-electron chi connectivity index (χ2n) is 7.94. The summed E-state index contributed by atoms with van der Waals surface area (Å²) in [7, 11) is 1.59. The molecule has 0 saturated carbocycles. The van der Waals surface area contributed by atoms with E-state index in [9.17, 15) is 9.59 Å². The van der Waals surface area contributed by atoms with Gasteiger partial charge in [-0.25, -0.2) is 0 Å². The summed E-state index contributed by atoms with van der Waals surface area (Å²) in [6.07, 6.45) is 1.66. The van der Waals surface area contributed by atoms with Gasteiger partial charge in [-0.2, -0.15) is 5.10 Å². The van der Waals surface area contributed by atoms with E-state index < -0.39 is 0 Å². The highest BCUT2D eigenvalue weighted by atomic mass is 16.5. The predicted octanol–water partition coefficient (Wildman–Crippen LogP) is 4.13. The van der Waals surface area contributed by atoms with Gasteiger partial charge < -0.3 is 20.1 Å². The molecule has 0 fully saturated rings. The van der Waals surface area contributed by atoms with Gasteiger partial charge in [0, 0.05) is 24.8 Å². The summed E-state index contributed by atoms with van der Waals surface area (Å²) in [5.74, 6) is 0.926. The van der Waals surface area contributed by atoms with E-state index in [2.05, 4.69) is 15.7 Å². The number of ether oxygens (including phenoxy) is 2. The minimum Gasteiger partial charge on any atom is -0.493 e. The molecule has 8 heteroatoms. The Kier molecular flexibility index (Phi) is 8.07. The number of aromatic nitrogens is 2. The highest BCUT2D eigenvalue weighted by molar-refractivity contribution is 6.08. The molecular formula is C25H30N4O4. The molecule has 0 bridgehead atoms. The second-order valence-corrected chi connectivity index (χ2v) is 7.94. The molecule has 0 radical (unpaired) electrons. The molecule has 174 valence electrons. The van der Waals surface area contributed by atoms with Crippen LogP contribution in [0.3, 0.4) is 0 Å². The van der Waals surface area contributed by atoms with Crippen LogP contribution in [-0.2, 0) is 13.2 Å². The van der Waals surface area contributed by atoms with Crippen LogP contribution >= 0.6 is 0 Å². The van der Waals surface area contributed by atoms with Gasteiger partial charge in [0.25, 0.3) is 11.8 Å². The fraction of sp³-hybridized carbons (Fsp3) is 0.320. The maximum Gasteiger partial charge on any atom is 0.273 e. The van der Waals surface area contributed by atoms with Crippen molar-refractivity contribution in [3.63, 3.8) is 0 Å². The summed E-state index contributed by atoms with van der Waals surface area (Å²) < 4.78 is 12.8. The number of aryl methyl sites for hydroxylation is 1. The zero-order valence-electron chi connectivity index (χ0n) is 19.4. The third-order valence-electron chi connectivity index (χ3n) is 4.87. The van der Waals surface area contributed by atoms with E-state index in [4.69, 9.17) is 9.47 Å². The van der Waals surface area contributed by atoms with E-state index in [1.165, 1.54) is 0 Å². The molecule has 3 aromatic rings. The van der Waals surface area contributed by atoms with Crippen molar-refractivity contribution in [1.82, 2.24) is 15.1 Å². The van der Waals surface area contributed by atoms with Crippen molar-refractivity contribution in [3.8, 4) is 11.5 Å². The number of anilines is 1. The van der Waals surface area contributed by atoms with Crippen LogP contribution in [0, 0.1) is 5.92 Å². The molecule has 2 N–H and O–H groups in total.